The van der Waals surface area contributed by atoms with E-state index in [1.54, 1.807) is 0 Å². The van der Waals surface area contributed by atoms with Crippen LogP contribution in [0.2, 0.25) is 0 Å². The van der Waals surface area contributed by atoms with Gasteiger partial charge < -0.3 is 0 Å². The van der Waals surface area contributed by atoms with E-state index < -0.39 is 33.0 Å². The maximum absolute atomic E-state index is 12.6. The Kier molecular flexibility index (Phi) is 4.96. The van der Waals surface area contributed by atoms with Gasteiger partial charge in [-0.15, -0.1) is 0 Å². The van der Waals surface area contributed by atoms with Crippen molar-refractivity contribution < 1.29 is 23.0 Å². The quantitative estimate of drug-likeness (QED) is 0.496. The molecule has 0 aliphatic heterocycles. The third-order valence-electron chi connectivity index (χ3n) is 3.00. The first-order valence-corrected chi connectivity index (χ1v) is 6.57. The molecule has 0 heterocycles. The van der Waals surface area contributed by atoms with Crippen LogP contribution in [0, 0.1) is 20.2 Å². The number of anilines is 1. The minimum atomic E-state index is -4.51. The number of nitrogens with zero attached hydrogens (tertiary/aromatic N) is 3. The van der Waals surface area contributed by atoms with Crippen LogP contribution in [0.15, 0.2) is 47.6 Å². The van der Waals surface area contributed by atoms with Gasteiger partial charge in [-0.25, -0.2) is 0 Å². The summed E-state index contributed by atoms with van der Waals surface area (Å²) in [6.45, 7) is 0. The Morgan fingerprint density at radius 3 is 2.36 bits per heavy atom. The molecular formula is C14H9F3N4O4. The number of nitro benzene ring substituents is 2. The number of hydrogen-bond donors (Lipinski definition) is 1. The molecule has 0 saturated heterocycles. The van der Waals surface area contributed by atoms with E-state index in [9.17, 15) is 33.4 Å². The van der Waals surface area contributed by atoms with Gasteiger partial charge in [0.15, 0.2) is 0 Å². The van der Waals surface area contributed by atoms with Gasteiger partial charge in [0.25, 0.3) is 5.69 Å². The largest absolute Gasteiger partial charge is 0.416 e. The maximum atomic E-state index is 12.6. The van der Waals surface area contributed by atoms with E-state index in [1.165, 1.54) is 12.1 Å². The summed E-state index contributed by atoms with van der Waals surface area (Å²) in [6.07, 6.45) is -3.46. The lowest BCUT2D eigenvalue weighted by Crippen LogP contribution is -2.05. The molecule has 0 amide bonds. The monoisotopic (exact) mass is 354 g/mol. The van der Waals surface area contributed by atoms with E-state index >= 15 is 0 Å². The number of alkyl halides is 3. The molecular weight excluding hydrogens is 345 g/mol. The molecule has 11 heteroatoms. The van der Waals surface area contributed by atoms with Crippen molar-refractivity contribution in [1.29, 1.82) is 0 Å². The van der Waals surface area contributed by atoms with Gasteiger partial charge in [-0.3, -0.25) is 25.7 Å². The van der Waals surface area contributed by atoms with E-state index in [-0.39, 0.29) is 11.3 Å². The van der Waals surface area contributed by atoms with E-state index in [0.29, 0.717) is 0 Å². The summed E-state index contributed by atoms with van der Waals surface area (Å²) < 4.78 is 37.8. The van der Waals surface area contributed by atoms with Gasteiger partial charge in [0.05, 0.1) is 27.7 Å². The zero-order valence-corrected chi connectivity index (χ0v) is 12.2. The summed E-state index contributed by atoms with van der Waals surface area (Å²) in [5.41, 5.74) is 0.345. The van der Waals surface area contributed by atoms with E-state index in [2.05, 4.69) is 10.5 Å². The van der Waals surface area contributed by atoms with Crippen molar-refractivity contribution in [3.8, 4) is 0 Å². The highest BCUT2D eigenvalue weighted by Gasteiger charge is 2.30. The van der Waals surface area contributed by atoms with Crippen LogP contribution in [-0.4, -0.2) is 16.1 Å². The second-order valence-electron chi connectivity index (χ2n) is 4.71. The van der Waals surface area contributed by atoms with Crippen LogP contribution in [-0.2, 0) is 6.18 Å². The number of hydrogen-bond acceptors (Lipinski definition) is 6. The number of nitrogens with one attached hydrogen (secondary N) is 1. The molecule has 0 spiro atoms. The molecule has 0 radical (unpaired) electrons. The molecule has 2 rings (SSSR count). The Bertz CT molecular complexity index is 852. The second-order valence-corrected chi connectivity index (χ2v) is 4.71. The van der Waals surface area contributed by atoms with Crippen LogP contribution < -0.4 is 5.43 Å². The van der Waals surface area contributed by atoms with Crippen LogP contribution in [0.5, 0.6) is 0 Å². The van der Waals surface area contributed by atoms with Crippen molar-refractivity contribution >= 4 is 23.3 Å². The fraction of sp³-hybridized carbons (Fsp3) is 0.0714. The highest BCUT2D eigenvalue weighted by atomic mass is 19.4. The summed E-state index contributed by atoms with van der Waals surface area (Å²) in [7, 11) is 0. The molecule has 0 bridgehead atoms. The Morgan fingerprint density at radius 1 is 1.04 bits per heavy atom. The number of hydrazone groups is 1. The van der Waals surface area contributed by atoms with Crippen molar-refractivity contribution in [1.82, 2.24) is 0 Å². The Hall–Kier alpha value is -3.50. The highest BCUT2D eigenvalue weighted by molar-refractivity contribution is 5.81. The lowest BCUT2D eigenvalue weighted by Gasteiger charge is -2.06. The van der Waals surface area contributed by atoms with Gasteiger partial charge in [0.2, 0.25) is 0 Å². The van der Waals surface area contributed by atoms with Gasteiger partial charge in [0, 0.05) is 6.07 Å². The second kappa shape index (κ2) is 6.95. The maximum Gasteiger partial charge on any atom is 0.416 e. The van der Waals surface area contributed by atoms with Crippen molar-refractivity contribution in [3.05, 3.63) is 73.8 Å². The Balaban J connectivity index is 2.22. The molecule has 25 heavy (non-hydrogen) atoms. The van der Waals surface area contributed by atoms with Gasteiger partial charge in [-0.05, 0) is 23.8 Å². The summed E-state index contributed by atoms with van der Waals surface area (Å²) in [6, 6.07) is 7.18. The first kappa shape index (κ1) is 17.8. The Morgan fingerprint density at radius 2 is 1.76 bits per heavy atom. The fourth-order valence-corrected chi connectivity index (χ4v) is 1.85. The topological polar surface area (TPSA) is 111 Å². The first-order chi connectivity index (χ1) is 11.7. The van der Waals surface area contributed by atoms with Crippen LogP contribution in [0.4, 0.5) is 30.2 Å². The smallest absolute Gasteiger partial charge is 0.272 e. The van der Waals surface area contributed by atoms with Crippen molar-refractivity contribution in [2.45, 2.75) is 6.18 Å². The Labute approximate surface area is 137 Å². The lowest BCUT2D eigenvalue weighted by atomic mass is 10.1. The summed E-state index contributed by atoms with van der Waals surface area (Å²) in [4.78, 5) is 20.0. The molecule has 0 unspecified atom stereocenters. The van der Waals surface area contributed by atoms with E-state index in [0.717, 1.165) is 36.5 Å². The third-order valence-corrected chi connectivity index (χ3v) is 3.00. The third kappa shape index (κ3) is 4.50. The van der Waals surface area contributed by atoms with E-state index in [1.807, 2.05) is 0 Å². The normalized spacial score (nSPS) is 11.5. The zero-order valence-electron chi connectivity index (χ0n) is 12.2. The van der Waals surface area contributed by atoms with Crippen LogP contribution in [0.1, 0.15) is 11.1 Å². The fourth-order valence-electron chi connectivity index (χ4n) is 1.85. The molecule has 1 N–H and O–H groups in total. The molecule has 0 atom stereocenters. The molecule has 130 valence electrons. The molecule has 0 aliphatic carbocycles. The average molecular weight is 354 g/mol. The summed E-state index contributed by atoms with van der Waals surface area (Å²) >= 11 is 0. The summed E-state index contributed by atoms with van der Waals surface area (Å²) in [5, 5.41) is 25.2. The van der Waals surface area contributed by atoms with Gasteiger partial charge in [-0.1, -0.05) is 12.1 Å². The van der Waals surface area contributed by atoms with Gasteiger partial charge >= 0.3 is 11.9 Å². The zero-order chi connectivity index (χ0) is 18.6. The van der Waals surface area contributed by atoms with Crippen LogP contribution >= 0.6 is 0 Å². The van der Waals surface area contributed by atoms with Crippen LogP contribution in [0.25, 0.3) is 0 Å². The number of non-ortho nitro benzene ring substituents is 1. The predicted molar refractivity (Wildman–Crippen MR) is 82.4 cm³/mol. The standard InChI is InChI=1S/C14H9F3N4O4/c15-14(16,17)10-3-1-2-9(6-10)8-18-19-12-5-4-11(20(22)23)7-13(12)21(24)25/h1-8,19H/b18-8-. The first-order valence-electron chi connectivity index (χ1n) is 6.57. The predicted octanol–water partition coefficient (Wildman–Crippen LogP) is 3.97. The van der Waals surface area contributed by atoms with Gasteiger partial charge in [0.1, 0.15) is 5.69 Å². The average Bonchev–Trinajstić information content (AvgIpc) is 2.54. The molecule has 2 aromatic rings. The minimum absolute atomic E-state index is 0.117. The number of halogens is 3. The number of nitro groups is 2. The molecule has 0 saturated carbocycles. The van der Waals surface area contributed by atoms with Crippen molar-refractivity contribution in [2.24, 2.45) is 5.10 Å². The molecule has 0 aliphatic rings. The number of benzene rings is 2. The molecule has 2 aromatic carbocycles. The number of rotatable bonds is 5. The van der Waals surface area contributed by atoms with Crippen molar-refractivity contribution in [2.75, 3.05) is 5.43 Å². The minimum Gasteiger partial charge on any atom is -0.272 e. The van der Waals surface area contributed by atoms with Gasteiger partial charge in [-0.2, -0.15) is 18.3 Å². The highest BCUT2D eigenvalue weighted by Crippen LogP contribution is 2.30. The molecule has 0 fully saturated rings. The summed E-state index contributed by atoms with van der Waals surface area (Å²) in [5.74, 6) is 0. The SMILES string of the molecule is O=[N+]([O-])c1ccc(N/N=C\c2cccc(C(F)(F)F)c2)c([N+](=O)[O-])c1. The lowest BCUT2D eigenvalue weighted by molar-refractivity contribution is -0.393. The van der Waals surface area contributed by atoms with E-state index in [4.69, 9.17) is 0 Å². The van der Waals surface area contributed by atoms with Crippen LogP contribution in [0.3, 0.4) is 0 Å². The van der Waals surface area contributed by atoms with Crippen molar-refractivity contribution in [3.63, 3.8) is 0 Å². The molecule has 8 nitrogen and oxygen atoms in total. The molecule has 0 aromatic heterocycles.